The Morgan fingerprint density at radius 1 is 1.42 bits per heavy atom. The van der Waals surface area contributed by atoms with Crippen molar-refractivity contribution in [1.82, 2.24) is 0 Å². The molecule has 0 radical (unpaired) electrons. The molecule has 0 aliphatic heterocycles. The molecule has 2 rings (SSSR count). The van der Waals surface area contributed by atoms with Crippen molar-refractivity contribution in [3.8, 4) is 0 Å². The summed E-state index contributed by atoms with van der Waals surface area (Å²) in [5.74, 6) is 0. The number of hydrogen-bond acceptors (Lipinski definition) is 1. The second kappa shape index (κ2) is 2.76. The van der Waals surface area contributed by atoms with Crippen molar-refractivity contribution in [3.63, 3.8) is 0 Å². The summed E-state index contributed by atoms with van der Waals surface area (Å²) < 4.78 is 1.35. The van der Waals surface area contributed by atoms with E-state index in [-0.39, 0.29) is 0 Å². The zero-order valence-corrected chi connectivity index (χ0v) is 7.82. The zero-order chi connectivity index (χ0) is 8.55. The molecule has 1 heteroatoms. The molecule has 0 aliphatic carbocycles. The van der Waals surface area contributed by atoms with Crippen LogP contribution in [-0.2, 0) is 0 Å². The number of hydrogen-bond donors (Lipinski definition) is 0. The predicted molar refractivity (Wildman–Crippen MR) is 56.7 cm³/mol. The predicted octanol–water partition coefficient (Wildman–Crippen LogP) is 3.85. The van der Waals surface area contributed by atoms with Crippen molar-refractivity contribution in [1.29, 1.82) is 0 Å². The number of thiophene rings is 1. The molecule has 0 aliphatic rings. The van der Waals surface area contributed by atoms with Crippen LogP contribution in [0.25, 0.3) is 16.2 Å². The van der Waals surface area contributed by atoms with E-state index in [9.17, 15) is 0 Å². The third-order valence-corrected chi connectivity index (χ3v) is 2.94. The lowest BCUT2D eigenvalue weighted by Crippen LogP contribution is -1.70. The highest BCUT2D eigenvalue weighted by Crippen LogP contribution is 2.27. The van der Waals surface area contributed by atoms with Gasteiger partial charge in [-0.2, -0.15) is 0 Å². The molecule has 1 heterocycles. The quantitative estimate of drug-likeness (QED) is 0.616. The topological polar surface area (TPSA) is 0 Å². The summed E-state index contributed by atoms with van der Waals surface area (Å²) in [6.45, 7) is 5.90. The van der Waals surface area contributed by atoms with Crippen molar-refractivity contribution in [3.05, 3.63) is 41.3 Å². The highest BCUT2D eigenvalue weighted by molar-refractivity contribution is 7.17. The molecular formula is C11H10S. The number of rotatable bonds is 1. The lowest BCUT2D eigenvalue weighted by atomic mass is 10.1. The fourth-order valence-electron chi connectivity index (χ4n) is 1.31. The SMILES string of the molecule is C=Cc1csc2cc(C)ccc12. The van der Waals surface area contributed by atoms with E-state index in [4.69, 9.17) is 0 Å². The first-order valence-corrected chi connectivity index (χ1v) is 4.79. The minimum atomic E-state index is 1.25. The Morgan fingerprint density at radius 2 is 2.25 bits per heavy atom. The Labute approximate surface area is 76.2 Å². The van der Waals surface area contributed by atoms with E-state index in [1.54, 1.807) is 11.3 Å². The van der Waals surface area contributed by atoms with Gasteiger partial charge in [0.05, 0.1) is 0 Å². The summed E-state index contributed by atoms with van der Waals surface area (Å²) in [6.07, 6.45) is 1.91. The van der Waals surface area contributed by atoms with Crippen LogP contribution in [0.1, 0.15) is 11.1 Å². The van der Waals surface area contributed by atoms with Crippen LogP contribution in [0.2, 0.25) is 0 Å². The van der Waals surface area contributed by atoms with E-state index in [0.717, 1.165) is 0 Å². The normalized spacial score (nSPS) is 10.4. The summed E-state index contributed by atoms with van der Waals surface area (Å²) in [6, 6.07) is 6.52. The van der Waals surface area contributed by atoms with Gasteiger partial charge < -0.3 is 0 Å². The second-order valence-electron chi connectivity index (χ2n) is 2.89. The van der Waals surface area contributed by atoms with Crippen molar-refractivity contribution in [2.24, 2.45) is 0 Å². The molecule has 60 valence electrons. The van der Waals surface area contributed by atoms with Crippen LogP contribution in [-0.4, -0.2) is 0 Å². The summed E-state index contributed by atoms with van der Waals surface area (Å²) in [4.78, 5) is 0. The van der Waals surface area contributed by atoms with Gasteiger partial charge in [-0.15, -0.1) is 11.3 Å². The van der Waals surface area contributed by atoms with Crippen LogP contribution in [0.3, 0.4) is 0 Å². The maximum atomic E-state index is 3.78. The van der Waals surface area contributed by atoms with Crippen LogP contribution in [0, 0.1) is 6.92 Å². The molecule has 2 aromatic rings. The minimum absolute atomic E-state index is 1.25. The molecule has 1 aromatic heterocycles. The first-order valence-electron chi connectivity index (χ1n) is 3.91. The van der Waals surface area contributed by atoms with Gasteiger partial charge in [-0.25, -0.2) is 0 Å². The smallest absolute Gasteiger partial charge is 0.0351 e. The molecule has 0 atom stereocenters. The largest absolute Gasteiger partial charge is 0.143 e. The molecule has 0 saturated heterocycles. The minimum Gasteiger partial charge on any atom is -0.143 e. The van der Waals surface area contributed by atoms with Gasteiger partial charge in [-0.05, 0) is 34.9 Å². The number of aryl methyl sites for hydroxylation is 1. The van der Waals surface area contributed by atoms with E-state index >= 15 is 0 Å². The van der Waals surface area contributed by atoms with Crippen LogP contribution < -0.4 is 0 Å². The molecule has 0 unspecified atom stereocenters. The molecular weight excluding hydrogens is 164 g/mol. The van der Waals surface area contributed by atoms with E-state index in [0.29, 0.717) is 0 Å². The Balaban J connectivity index is 2.81. The van der Waals surface area contributed by atoms with Gasteiger partial charge in [-0.3, -0.25) is 0 Å². The van der Waals surface area contributed by atoms with Gasteiger partial charge in [0.25, 0.3) is 0 Å². The average Bonchev–Trinajstić information content (AvgIpc) is 2.46. The van der Waals surface area contributed by atoms with Gasteiger partial charge in [0.15, 0.2) is 0 Å². The third-order valence-electron chi connectivity index (χ3n) is 1.98. The molecule has 0 nitrogen and oxygen atoms in total. The van der Waals surface area contributed by atoms with Crippen LogP contribution in [0.4, 0.5) is 0 Å². The maximum absolute atomic E-state index is 3.78. The van der Waals surface area contributed by atoms with Crippen molar-refractivity contribution >= 4 is 27.5 Å². The molecule has 1 aromatic carbocycles. The highest BCUT2D eigenvalue weighted by Gasteiger charge is 1.99. The fraction of sp³-hybridized carbons (Fsp3) is 0.0909. The molecule has 0 fully saturated rings. The Hall–Kier alpha value is -1.08. The van der Waals surface area contributed by atoms with E-state index in [2.05, 4.69) is 37.1 Å². The van der Waals surface area contributed by atoms with Crippen molar-refractivity contribution in [2.75, 3.05) is 0 Å². The van der Waals surface area contributed by atoms with Gasteiger partial charge in [-0.1, -0.05) is 24.8 Å². The summed E-state index contributed by atoms with van der Waals surface area (Å²) in [5, 5.41) is 3.47. The third kappa shape index (κ3) is 1.07. The molecule has 0 amide bonds. The molecule has 0 N–H and O–H groups in total. The Morgan fingerprint density at radius 3 is 3.00 bits per heavy atom. The maximum Gasteiger partial charge on any atom is 0.0351 e. The first kappa shape index (κ1) is 7.56. The summed E-state index contributed by atoms with van der Waals surface area (Å²) in [7, 11) is 0. The van der Waals surface area contributed by atoms with E-state index in [1.807, 2.05) is 6.08 Å². The summed E-state index contributed by atoms with van der Waals surface area (Å²) in [5.41, 5.74) is 2.56. The van der Waals surface area contributed by atoms with Gasteiger partial charge in [0.2, 0.25) is 0 Å². The monoisotopic (exact) mass is 174 g/mol. The average molecular weight is 174 g/mol. The summed E-state index contributed by atoms with van der Waals surface area (Å²) >= 11 is 1.78. The molecule has 12 heavy (non-hydrogen) atoms. The second-order valence-corrected chi connectivity index (χ2v) is 3.81. The Bertz CT molecular complexity index is 423. The molecule has 0 bridgehead atoms. The van der Waals surface area contributed by atoms with Crippen LogP contribution >= 0.6 is 11.3 Å². The van der Waals surface area contributed by atoms with Crippen molar-refractivity contribution in [2.45, 2.75) is 6.92 Å². The van der Waals surface area contributed by atoms with Crippen LogP contribution in [0.15, 0.2) is 30.2 Å². The standard InChI is InChI=1S/C11H10S/c1-3-9-7-12-11-6-8(2)4-5-10(9)11/h3-7H,1H2,2H3. The Kier molecular flexibility index (Phi) is 1.74. The van der Waals surface area contributed by atoms with E-state index < -0.39 is 0 Å². The van der Waals surface area contributed by atoms with Gasteiger partial charge in [0, 0.05) is 4.70 Å². The number of benzene rings is 1. The van der Waals surface area contributed by atoms with E-state index in [1.165, 1.54) is 21.2 Å². The fourth-order valence-corrected chi connectivity index (χ4v) is 2.36. The van der Waals surface area contributed by atoms with Gasteiger partial charge >= 0.3 is 0 Å². The molecule has 0 saturated carbocycles. The molecule has 0 spiro atoms. The lowest BCUT2D eigenvalue weighted by Gasteiger charge is -1.93. The van der Waals surface area contributed by atoms with Gasteiger partial charge in [0.1, 0.15) is 0 Å². The highest BCUT2D eigenvalue weighted by atomic mass is 32.1. The van der Waals surface area contributed by atoms with Crippen LogP contribution in [0.5, 0.6) is 0 Å². The number of fused-ring (bicyclic) bond motifs is 1. The lowest BCUT2D eigenvalue weighted by molar-refractivity contribution is 1.52. The van der Waals surface area contributed by atoms with Crippen molar-refractivity contribution < 1.29 is 0 Å². The zero-order valence-electron chi connectivity index (χ0n) is 7.00. The first-order chi connectivity index (χ1) is 5.81.